The number of rotatable bonds is 4. The van der Waals surface area contributed by atoms with Crippen LogP contribution in [0.5, 0.6) is 0 Å². The van der Waals surface area contributed by atoms with E-state index in [-0.39, 0.29) is 12.3 Å². The van der Waals surface area contributed by atoms with Crippen molar-refractivity contribution >= 4 is 17.5 Å². The van der Waals surface area contributed by atoms with Crippen LogP contribution in [0.3, 0.4) is 0 Å². The Balaban J connectivity index is 2.14. The zero-order valence-corrected chi connectivity index (χ0v) is 10.1. The van der Waals surface area contributed by atoms with Crippen LogP contribution >= 0.6 is 0 Å². The number of furan rings is 1. The number of hydrogen-bond acceptors (Lipinski definition) is 4. The molecule has 0 saturated carbocycles. The summed E-state index contributed by atoms with van der Waals surface area (Å²) in [6.45, 7) is 0.227. The lowest BCUT2D eigenvalue weighted by atomic mass is 10.2. The van der Waals surface area contributed by atoms with Crippen molar-refractivity contribution in [1.82, 2.24) is 0 Å². The van der Waals surface area contributed by atoms with E-state index in [4.69, 9.17) is 15.9 Å². The third-order valence-electron chi connectivity index (χ3n) is 2.49. The van der Waals surface area contributed by atoms with Crippen LogP contribution in [0.25, 0.3) is 0 Å². The van der Waals surface area contributed by atoms with Gasteiger partial charge in [0.15, 0.2) is 5.76 Å². The second kappa shape index (κ2) is 5.36. The van der Waals surface area contributed by atoms with Crippen LogP contribution in [0.1, 0.15) is 26.7 Å². The Hall–Kier alpha value is -2.60. The van der Waals surface area contributed by atoms with Gasteiger partial charge < -0.3 is 21.2 Å². The van der Waals surface area contributed by atoms with Gasteiger partial charge in [0.05, 0.1) is 6.54 Å². The Morgan fingerprint density at radius 1 is 1.21 bits per heavy atom. The molecule has 0 bridgehead atoms. The van der Waals surface area contributed by atoms with Crippen LogP contribution in [0.2, 0.25) is 0 Å². The molecule has 5 N–H and O–H groups in total. The van der Waals surface area contributed by atoms with Crippen LogP contribution < -0.4 is 16.8 Å². The molecule has 6 heteroatoms. The molecule has 0 radical (unpaired) electrons. The largest absolute Gasteiger partial charge is 0.455 e. The molecule has 1 aromatic heterocycles. The molecule has 0 spiro atoms. The number of nitrogens with one attached hydrogen (secondary N) is 1. The predicted octanol–water partition coefficient (Wildman–Crippen LogP) is 1.09. The highest BCUT2D eigenvalue weighted by Gasteiger charge is 2.11. The maximum absolute atomic E-state index is 11.9. The lowest BCUT2D eigenvalue weighted by Gasteiger charge is -2.04. The molecule has 6 nitrogen and oxygen atoms in total. The molecule has 1 aromatic carbocycles. The second-order valence-corrected chi connectivity index (χ2v) is 3.87. The van der Waals surface area contributed by atoms with Crippen LogP contribution in [-0.2, 0) is 6.54 Å². The van der Waals surface area contributed by atoms with Crippen molar-refractivity contribution in [2.24, 2.45) is 11.5 Å². The average Bonchev–Trinajstić information content (AvgIpc) is 2.88. The van der Waals surface area contributed by atoms with Crippen LogP contribution in [0.4, 0.5) is 5.69 Å². The number of carbonyl (C=O) groups is 2. The van der Waals surface area contributed by atoms with Crippen molar-refractivity contribution in [2.75, 3.05) is 5.32 Å². The molecule has 0 fully saturated rings. The minimum atomic E-state index is -0.556. The Labute approximate surface area is 109 Å². The molecule has 0 aliphatic carbocycles. The topological polar surface area (TPSA) is 111 Å². The smallest absolute Gasteiger partial charge is 0.291 e. The van der Waals surface area contributed by atoms with E-state index >= 15 is 0 Å². The Morgan fingerprint density at radius 3 is 2.63 bits per heavy atom. The van der Waals surface area contributed by atoms with Crippen molar-refractivity contribution in [1.29, 1.82) is 0 Å². The molecule has 0 aliphatic rings. The van der Waals surface area contributed by atoms with Gasteiger partial charge >= 0.3 is 0 Å². The van der Waals surface area contributed by atoms with Gasteiger partial charge in [-0.25, -0.2) is 0 Å². The summed E-state index contributed by atoms with van der Waals surface area (Å²) in [5.74, 6) is -0.290. The molecule has 0 atom stereocenters. The summed E-state index contributed by atoms with van der Waals surface area (Å²) in [4.78, 5) is 22.9. The van der Waals surface area contributed by atoms with Crippen molar-refractivity contribution in [3.8, 4) is 0 Å². The Kier molecular flexibility index (Phi) is 3.63. The molecule has 1 heterocycles. The number of nitrogens with two attached hydrogens (primary N) is 2. The van der Waals surface area contributed by atoms with E-state index in [2.05, 4.69) is 5.32 Å². The molecule has 19 heavy (non-hydrogen) atoms. The van der Waals surface area contributed by atoms with Crippen molar-refractivity contribution in [3.05, 3.63) is 53.5 Å². The van der Waals surface area contributed by atoms with E-state index < -0.39 is 11.8 Å². The van der Waals surface area contributed by atoms with Gasteiger partial charge in [-0.3, -0.25) is 9.59 Å². The quantitative estimate of drug-likeness (QED) is 0.762. The van der Waals surface area contributed by atoms with Crippen molar-refractivity contribution in [3.63, 3.8) is 0 Å². The van der Waals surface area contributed by atoms with Crippen molar-refractivity contribution < 1.29 is 14.0 Å². The van der Waals surface area contributed by atoms with Crippen LogP contribution in [0, 0.1) is 0 Å². The molecule has 2 rings (SSSR count). The summed E-state index contributed by atoms with van der Waals surface area (Å²) in [6.07, 6.45) is 0. The third kappa shape index (κ3) is 2.99. The standard InChI is InChI=1S/C13H13N3O3/c14-7-10-4-5-11(19-10)13(18)16-9-3-1-2-8(6-9)12(15)17/h1-6H,7,14H2,(H2,15,17)(H,16,18). The van der Waals surface area contributed by atoms with E-state index in [1.807, 2.05) is 0 Å². The van der Waals surface area contributed by atoms with Gasteiger partial charge in [-0.2, -0.15) is 0 Å². The van der Waals surface area contributed by atoms with Gasteiger partial charge in [0.25, 0.3) is 5.91 Å². The van der Waals surface area contributed by atoms with Crippen LogP contribution in [-0.4, -0.2) is 11.8 Å². The zero-order valence-electron chi connectivity index (χ0n) is 10.1. The van der Waals surface area contributed by atoms with Gasteiger partial charge in [-0.15, -0.1) is 0 Å². The summed E-state index contributed by atoms with van der Waals surface area (Å²) in [5.41, 5.74) is 11.3. The monoisotopic (exact) mass is 259 g/mol. The second-order valence-electron chi connectivity index (χ2n) is 3.87. The first kappa shape index (κ1) is 12.8. The number of hydrogen-bond donors (Lipinski definition) is 3. The maximum atomic E-state index is 11.9. The van der Waals surface area contributed by atoms with Gasteiger partial charge in [-0.1, -0.05) is 6.07 Å². The molecule has 98 valence electrons. The highest BCUT2D eigenvalue weighted by atomic mass is 16.4. The summed E-state index contributed by atoms with van der Waals surface area (Å²) in [5, 5.41) is 2.61. The average molecular weight is 259 g/mol. The number of benzene rings is 1. The van der Waals surface area contributed by atoms with Crippen molar-refractivity contribution in [2.45, 2.75) is 6.54 Å². The minimum absolute atomic E-state index is 0.157. The third-order valence-corrected chi connectivity index (χ3v) is 2.49. The first-order chi connectivity index (χ1) is 9.10. The number of carbonyl (C=O) groups excluding carboxylic acids is 2. The van der Waals surface area contributed by atoms with E-state index in [0.717, 1.165) is 0 Å². The van der Waals surface area contributed by atoms with Gasteiger partial charge in [0, 0.05) is 11.3 Å². The summed E-state index contributed by atoms with van der Waals surface area (Å²) in [6, 6.07) is 9.51. The number of primary amides is 1. The summed E-state index contributed by atoms with van der Waals surface area (Å²) in [7, 11) is 0. The first-order valence-electron chi connectivity index (χ1n) is 5.60. The fourth-order valence-electron chi connectivity index (χ4n) is 1.55. The summed E-state index contributed by atoms with van der Waals surface area (Å²) < 4.78 is 5.22. The lowest BCUT2D eigenvalue weighted by Crippen LogP contribution is -2.14. The molecule has 0 saturated heterocycles. The highest BCUT2D eigenvalue weighted by Crippen LogP contribution is 2.13. The lowest BCUT2D eigenvalue weighted by molar-refractivity contribution is 0.0987. The van der Waals surface area contributed by atoms with E-state index in [1.54, 1.807) is 24.3 Å². The zero-order chi connectivity index (χ0) is 13.8. The Bertz CT molecular complexity index is 619. The molecular formula is C13H13N3O3. The first-order valence-corrected chi connectivity index (χ1v) is 5.60. The highest BCUT2D eigenvalue weighted by molar-refractivity contribution is 6.03. The molecule has 2 amide bonds. The fraction of sp³-hybridized carbons (Fsp3) is 0.0769. The summed E-state index contributed by atoms with van der Waals surface area (Å²) >= 11 is 0. The predicted molar refractivity (Wildman–Crippen MR) is 69.5 cm³/mol. The number of anilines is 1. The minimum Gasteiger partial charge on any atom is -0.455 e. The molecular weight excluding hydrogens is 246 g/mol. The normalized spacial score (nSPS) is 10.2. The Morgan fingerprint density at radius 2 is 2.00 bits per heavy atom. The SMILES string of the molecule is NCc1ccc(C(=O)Nc2cccc(C(N)=O)c2)o1. The van der Waals surface area contributed by atoms with E-state index in [9.17, 15) is 9.59 Å². The molecule has 0 unspecified atom stereocenters. The van der Waals surface area contributed by atoms with E-state index in [0.29, 0.717) is 17.0 Å². The number of amides is 2. The van der Waals surface area contributed by atoms with Gasteiger partial charge in [-0.05, 0) is 30.3 Å². The van der Waals surface area contributed by atoms with Gasteiger partial charge in [0.2, 0.25) is 5.91 Å². The molecule has 2 aromatic rings. The molecule has 0 aliphatic heterocycles. The van der Waals surface area contributed by atoms with Gasteiger partial charge in [0.1, 0.15) is 5.76 Å². The van der Waals surface area contributed by atoms with Crippen LogP contribution in [0.15, 0.2) is 40.8 Å². The maximum Gasteiger partial charge on any atom is 0.291 e. The van der Waals surface area contributed by atoms with E-state index in [1.165, 1.54) is 12.1 Å². The fourth-order valence-corrected chi connectivity index (χ4v) is 1.55.